The molecule has 4 rings (SSSR count). The molecule has 10 nitrogen and oxygen atoms in total. The number of carbonyl (C=O) groups excluding carboxylic acids is 5. The van der Waals surface area contributed by atoms with Crippen molar-refractivity contribution in [2.24, 2.45) is 4.99 Å². The molecule has 1 aliphatic rings. The third kappa shape index (κ3) is 6.69. The molecule has 1 aliphatic heterocycles. The molecule has 202 valence electrons. The molecule has 0 bridgehead atoms. The van der Waals surface area contributed by atoms with Crippen molar-refractivity contribution in [2.75, 3.05) is 6.54 Å². The lowest BCUT2D eigenvalue weighted by atomic mass is 10.1. The van der Waals surface area contributed by atoms with E-state index in [1.165, 1.54) is 48.0 Å². The number of hydrogen-bond acceptors (Lipinski definition) is 7. The van der Waals surface area contributed by atoms with Crippen LogP contribution in [-0.2, 0) is 32.3 Å². The van der Waals surface area contributed by atoms with Gasteiger partial charge in [0.2, 0.25) is 24.0 Å². The second-order valence-corrected chi connectivity index (χ2v) is 8.97. The van der Waals surface area contributed by atoms with Crippen LogP contribution >= 0.6 is 11.6 Å². The highest BCUT2D eigenvalue weighted by atomic mass is 35.5. The predicted octanol–water partition coefficient (Wildman–Crippen LogP) is 3.76. The van der Waals surface area contributed by atoms with E-state index in [1.807, 2.05) is 0 Å². The Morgan fingerprint density at radius 1 is 1.23 bits per heavy atom. The van der Waals surface area contributed by atoms with Crippen LogP contribution in [0, 0.1) is 11.2 Å². The number of fused-ring (bicyclic) bond motifs is 1. The van der Waals surface area contributed by atoms with Crippen molar-refractivity contribution in [1.29, 1.82) is 5.41 Å². The first kappa shape index (κ1) is 29.1. The fourth-order valence-electron chi connectivity index (χ4n) is 4.35. The number of carbonyl (C=O) groups is 3. The quantitative estimate of drug-likeness (QED) is 0.258. The molecule has 1 saturated heterocycles. The molecule has 2 heterocycles. The van der Waals surface area contributed by atoms with E-state index < -0.39 is 29.8 Å². The molecule has 1 aromatic heterocycles. The lowest BCUT2D eigenvalue weighted by Crippen LogP contribution is -2.46. The van der Waals surface area contributed by atoms with Crippen LogP contribution in [0.3, 0.4) is 0 Å². The van der Waals surface area contributed by atoms with Crippen molar-refractivity contribution in [3.8, 4) is 0 Å². The molecule has 2 atom stereocenters. The first-order valence-electron chi connectivity index (χ1n) is 11.5. The van der Waals surface area contributed by atoms with Gasteiger partial charge in [0, 0.05) is 41.2 Å². The van der Waals surface area contributed by atoms with Crippen molar-refractivity contribution in [2.45, 2.75) is 38.6 Å². The molecule has 1 fully saturated rings. The molecule has 0 aliphatic carbocycles. The highest BCUT2D eigenvalue weighted by Crippen LogP contribution is 2.28. The number of aromatic nitrogens is 1. The van der Waals surface area contributed by atoms with Crippen LogP contribution in [-0.4, -0.2) is 58.0 Å². The minimum Gasteiger partial charge on any atom is -0.350 e. The van der Waals surface area contributed by atoms with E-state index in [2.05, 4.69) is 10.3 Å². The van der Waals surface area contributed by atoms with Crippen molar-refractivity contribution in [3.05, 3.63) is 64.6 Å². The number of Topliss-reactive ketones (excluding diaryl/α,β-unsaturated/α-hetero) is 1. The number of rotatable bonds is 7. The van der Waals surface area contributed by atoms with E-state index in [0.717, 1.165) is 11.0 Å². The Labute approximate surface area is 225 Å². The van der Waals surface area contributed by atoms with Gasteiger partial charge in [-0.2, -0.15) is 4.99 Å². The van der Waals surface area contributed by atoms with Gasteiger partial charge >= 0.3 is 0 Å². The smallest absolute Gasteiger partial charge is 0.243 e. The molecule has 13 heteroatoms. The minimum atomic E-state index is -1.40. The third-order valence-corrected chi connectivity index (χ3v) is 6.37. The van der Waals surface area contributed by atoms with E-state index in [4.69, 9.17) is 21.8 Å². The van der Waals surface area contributed by atoms with Crippen LogP contribution in [0.5, 0.6) is 0 Å². The number of halogens is 3. The highest BCUT2D eigenvalue weighted by Gasteiger charge is 2.39. The average molecular weight is 558 g/mol. The number of hydrogen-bond donors (Lipinski definition) is 2. The molecule has 0 unspecified atom stereocenters. The van der Waals surface area contributed by atoms with Gasteiger partial charge in [-0.1, -0.05) is 23.7 Å². The van der Waals surface area contributed by atoms with Crippen molar-refractivity contribution < 1.29 is 32.8 Å². The Bertz CT molecular complexity index is 1510. The van der Waals surface area contributed by atoms with E-state index >= 15 is 0 Å². The zero-order valence-corrected chi connectivity index (χ0v) is 21.3. The number of alkyl halides is 1. The number of amides is 2. The van der Waals surface area contributed by atoms with Crippen LogP contribution in [0.15, 0.2) is 47.6 Å². The van der Waals surface area contributed by atoms with Crippen molar-refractivity contribution in [3.63, 3.8) is 0 Å². The third-order valence-electron chi connectivity index (χ3n) is 6.08. The van der Waals surface area contributed by atoms with Crippen LogP contribution in [0.1, 0.15) is 29.3 Å². The summed E-state index contributed by atoms with van der Waals surface area (Å²) in [7, 11) is 0. The SMILES string of the molecule is CC(=O)c1cn(CC(=O)N2C[C@H](F)C[C@H]2C(=O)NCc2cccc(Cl)c2F)c2ccc(N=C=O)cc12.N=C=O. The summed E-state index contributed by atoms with van der Waals surface area (Å²) in [5.41, 5.74) is 1.32. The fraction of sp³-hybridized carbons (Fsp3) is 0.269. The molecule has 3 aromatic rings. The normalized spacial score (nSPS) is 16.1. The van der Waals surface area contributed by atoms with Crippen LogP contribution in [0.4, 0.5) is 14.5 Å². The zero-order chi connectivity index (χ0) is 28.7. The average Bonchev–Trinajstić information content (AvgIpc) is 3.46. The molecule has 2 aromatic carbocycles. The highest BCUT2D eigenvalue weighted by molar-refractivity contribution is 6.30. The Morgan fingerprint density at radius 2 is 1.95 bits per heavy atom. The van der Waals surface area contributed by atoms with E-state index in [-0.39, 0.29) is 42.4 Å². The van der Waals surface area contributed by atoms with E-state index in [9.17, 15) is 28.0 Å². The standard InChI is InChI=1S/C25H21ClF2N4O4.CHNO/c1-14(34)19-11-31(21-6-5-17(30-13-33)8-18(19)21)12-23(35)32-10-16(27)7-22(32)25(36)29-9-15-3-2-4-20(26)24(15)28;2-1-3/h2-6,8,11,16,22H,7,9-10,12H2,1H3,(H,29,36);2H/t16-,22+;/m1./s1. The summed E-state index contributed by atoms with van der Waals surface area (Å²) in [4.78, 5) is 61.8. The number of ketones is 1. The number of benzene rings is 2. The molecule has 39 heavy (non-hydrogen) atoms. The first-order chi connectivity index (χ1) is 18.6. The van der Waals surface area contributed by atoms with Crippen LogP contribution < -0.4 is 5.32 Å². The lowest BCUT2D eigenvalue weighted by Gasteiger charge is -2.24. The van der Waals surface area contributed by atoms with Crippen LogP contribution in [0.2, 0.25) is 5.02 Å². The van der Waals surface area contributed by atoms with Gasteiger partial charge in [0.25, 0.3) is 0 Å². The van der Waals surface area contributed by atoms with Gasteiger partial charge in [-0.15, -0.1) is 0 Å². The van der Waals surface area contributed by atoms with Gasteiger partial charge in [-0.25, -0.2) is 23.8 Å². The molecule has 0 radical (unpaired) electrons. The molecule has 2 amide bonds. The number of nitrogens with one attached hydrogen (secondary N) is 2. The maximum absolute atomic E-state index is 14.3. The fourth-order valence-corrected chi connectivity index (χ4v) is 4.54. The Morgan fingerprint density at radius 3 is 2.62 bits per heavy atom. The summed E-state index contributed by atoms with van der Waals surface area (Å²) in [6.45, 7) is 0.684. The summed E-state index contributed by atoms with van der Waals surface area (Å²) in [5, 5.41) is 8.37. The monoisotopic (exact) mass is 557 g/mol. The number of likely N-dealkylation sites (tertiary alicyclic amines) is 1. The lowest BCUT2D eigenvalue weighted by molar-refractivity contribution is -0.139. The van der Waals surface area contributed by atoms with Gasteiger partial charge < -0.3 is 14.8 Å². The van der Waals surface area contributed by atoms with Crippen LogP contribution in [0.25, 0.3) is 10.9 Å². The molecule has 2 N–H and O–H groups in total. The maximum atomic E-state index is 14.3. The molecular weight excluding hydrogens is 536 g/mol. The predicted molar refractivity (Wildman–Crippen MR) is 136 cm³/mol. The first-order valence-corrected chi connectivity index (χ1v) is 11.9. The Hall–Kier alpha value is -4.50. The summed E-state index contributed by atoms with van der Waals surface area (Å²) in [5.74, 6) is -2.05. The van der Waals surface area contributed by atoms with E-state index in [0.29, 0.717) is 22.2 Å². The van der Waals surface area contributed by atoms with Crippen molar-refractivity contribution in [1.82, 2.24) is 14.8 Å². The number of isocyanates is 2. The van der Waals surface area contributed by atoms with Crippen molar-refractivity contribution >= 4 is 57.9 Å². The van der Waals surface area contributed by atoms with Gasteiger partial charge in [-0.05, 0) is 31.2 Å². The van der Waals surface area contributed by atoms with Gasteiger partial charge in [0.05, 0.1) is 17.3 Å². The van der Waals surface area contributed by atoms with Gasteiger partial charge in [0.15, 0.2) is 5.78 Å². The zero-order valence-electron chi connectivity index (χ0n) is 20.5. The Kier molecular flexibility index (Phi) is 9.57. The topological polar surface area (TPSA) is 142 Å². The minimum absolute atomic E-state index is 0.0859. The number of nitrogens with zero attached hydrogens (tertiary/aromatic N) is 3. The summed E-state index contributed by atoms with van der Waals surface area (Å²) in [6.07, 6.45) is 2.11. The molecule has 0 spiro atoms. The van der Waals surface area contributed by atoms with E-state index in [1.54, 1.807) is 12.1 Å². The second kappa shape index (κ2) is 12.8. The summed E-state index contributed by atoms with van der Waals surface area (Å²) in [6, 6.07) is 8.00. The Balaban J connectivity index is 0.00000134. The second-order valence-electron chi connectivity index (χ2n) is 8.56. The number of aliphatic imine (C=N–C) groups is 1. The summed E-state index contributed by atoms with van der Waals surface area (Å²) < 4.78 is 30.0. The molecular formula is C26H22ClF2N5O5. The maximum Gasteiger partial charge on any atom is 0.243 e. The van der Waals surface area contributed by atoms with Gasteiger partial charge in [-0.3, -0.25) is 14.4 Å². The largest absolute Gasteiger partial charge is 0.350 e. The van der Waals surface area contributed by atoms with Gasteiger partial charge in [0.1, 0.15) is 24.6 Å². The summed E-state index contributed by atoms with van der Waals surface area (Å²) >= 11 is 5.77. The molecule has 0 saturated carbocycles.